The van der Waals surface area contributed by atoms with Gasteiger partial charge in [-0.25, -0.2) is 8.78 Å². The number of aliphatic hydroxyl groups is 1. The van der Waals surface area contributed by atoms with Gasteiger partial charge in [-0.2, -0.15) is 0 Å². The van der Waals surface area contributed by atoms with Gasteiger partial charge >= 0.3 is 0 Å². The highest BCUT2D eigenvalue weighted by molar-refractivity contribution is 5.21. The predicted octanol–water partition coefficient (Wildman–Crippen LogP) is 2.39. The van der Waals surface area contributed by atoms with E-state index < -0.39 is 17.7 Å². The highest BCUT2D eigenvalue weighted by atomic mass is 19.1. The third-order valence-electron chi connectivity index (χ3n) is 2.59. The van der Waals surface area contributed by atoms with Crippen molar-refractivity contribution in [3.8, 4) is 0 Å². The number of aliphatic hydroxyl groups excluding tert-OH is 1. The number of halogens is 2. The van der Waals surface area contributed by atoms with Gasteiger partial charge in [-0.05, 0) is 31.5 Å². The monoisotopic (exact) mass is 229 g/mol. The predicted molar refractivity (Wildman–Crippen MR) is 59.1 cm³/mol. The minimum absolute atomic E-state index is 0.00389. The zero-order chi connectivity index (χ0) is 12.1. The van der Waals surface area contributed by atoms with Crippen molar-refractivity contribution < 1.29 is 13.9 Å². The molecule has 0 fully saturated rings. The molecular weight excluding hydrogens is 212 g/mol. The minimum atomic E-state index is -1.02. The fourth-order valence-electron chi connectivity index (χ4n) is 1.34. The molecule has 1 aromatic carbocycles. The molecule has 0 aliphatic heterocycles. The van der Waals surface area contributed by atoms with Crippen LogP contribution in [-0.2, 0) is 0 Å². The van der Waals surface area contributed by atoms with Crippen LogP contribution in [0.15, 0.2) is 18.2 Å². The smallest absolute Gasteiger partial charge is 0.129 e. The summed E-state index contributed by atoms with van der Waals surface area (Å²) in [5.74, 6) is -1.13. The molecule has 0 aliphatic rings. The average Bonchev–Trinajstić information content (AvgIpc) is 2.28. The van der Waals surface area contributed by atoms with Crippen LogP contribution in [0.5, 0.6) is 0 Å². The van der Waals surface area contributed by atoms with Gasteiger partial charge < -0.3 is 10.4 Å². The van der Waals surface area contributed by atoms with Gasteiger partial charge in [0.05, 0.1) is 6.10 Å². The van der Waals surface area contributed by atoms with Crippen LogP contribution < -0.4 is 5.32 Å². The fourth-order valence-corrected chi connectivity index (χ4v) is 1.34. The number of benzene rings is 1. The Labute approximate surface area is 94.3 Å². The molecule has 1 aromatic rings. The van der Waals surface area contributed by atoms with E-state index in [0.717, 1.165) is 24.6 Å². The normalized spacial score (nSPS) is 14.8. The molecule has 2 N–H and O–H groups in total. The first-order valence-corrected chi connectivity index (χ1v) is 5.41. The Morgan fingerprint density at radius 1 is 1.38 bits per heavy atom. The summed E-state index contributed by atoms with van der Waals surface area (Å²) < 4.78 is 26.1. The quantitative estimate of drug-likeness (QED) is 0.812. The van der Waals surface area contributed by atoms with E-state index in [4.69, 9.17) is 0 Å². The lowest BCUT2D eigenvalue weighted by atomic mass is 10.1. The molecule has 0 saturated heterocycles. The molecule has 0 bridgehead atoms. The second-order valence-corrected chi connectivity index (χ2v) is 3.90. The Morgan fingerprint density at radius 2 is 2.06 bits per heavy atom. The molecule has 0 radical (unpaired) electrons. The zero-order valence-electron chi connectivity index (χ0n) is 9.50. The molecular formula is C12H17F2NO. The Morgan fingerprint density at radius 3 is 2.69 bits per heavy atom. The van der Waals surface area contributed by atoms with E-state index in [2.05, 4.69) is 5.32 Å². The third kappa shape index (κ3) is 3.54. The fraction of sp³-hybridized carbons (Fsp3) is 0.500. The summed E-state index contributed by atoms with van der Waals surface area (Å²) in [4.78, 5) is 0. The molecule has 0 saturated carbocycles. The van der Waals surface area contributed by atoms with Gasteiger partial charge in [0.2, 0.25) is 0 Å². The van der Waals surface area contributed by atoms with E-state index in [1.165, 1.54) is 0 Å². The van der Waals surface area contributed by atoms with Gasteiger partial charge in [-0.15, -0.1) is 0 Å². The van der Waals surface area contributed by atoms with Gasteiger partial charge in [0.1, 0.15) is 11.6 Å². The molecule has 90 valence electrons. The summed E-state index contributed by atoms with van der Waals surface area (Å²) in [7, 11) is 0. The van der Waals surface area contributed by atoms with Crippen molar-refractivity contribution in [1.82, 2.24) is 5.32 Å². The van der Waals surface area contributed by atoms with Crippen LogP contribution in [0.2, 0.25) is 0 Å². The Balaban J connectivity index is 2.65. The summed E-state index contributed by atoms with van der Waals surface area (Å²) in [5.41, 5.74) is -0.00389. The van der Waals surface area contributed by atoms with Crippen LogP contribution in [0.4, 0.5) is 8.78 Å². The van der Waals surface area contributed by atoms with Gasteiger partial charge in [0, 0.05) is 18.2 Å². The lowest BCUT2D eigenvalue weighted by Gasteiger charge is -2.16. The summed E-state index contributed by atoms with van der Waals surface area (Å²) >= 11 is 0. The maximum atomic E-state index is 13.3. The first-order chi connectivity index (χ1) is 7.54. The largest absolute Gasteiger partial charge is 0.387 e. The molecule has 0 aromatic heterocycles. The Hall–Kier alpha value is -1.00. The maximum Gasteiger partial charge on any atom is 0.129 e. The highest BCUT2D eigenvalue weighted by Crippen LogP contribution is 2.17. The van der Waals surface area contributed by atoms with Crippen LogP contribution >= 0.6 is 0 Å². The average molecular weight is 229 g/mol. The van der Waals surface area contributed by atoms with Crippen LogP contribution in [0, 0.1) is 11.6 Å². The second kappa shape index (κ2) is 5.92. The molecule has 0 spiro atoms. The van der Waals surface area contributed by atoms with Crippen LogP contribution in [0.3, 0.4) is 0 Å². The topological polar surface area (TPSA) is 32.3 Å². The second-order valence-electron chi connectivity index (χ2n) is 3.90. The van der Waals surface area contributed by atoms with Gasteiger partial charge in [-0.3, -0.25) is 0 Å². The van der Waals surface area contributed by atoms with Crippen LogP contribution in [0.1, 0.15) is 31.9 Å². The summed E-state index contributed by atoms with van der Waals surface area (Å²) in [6.45, 7) is 4.19. The summed E-state index contributed by atoms with van der Waals surface area (Å²) in [5, 5.41) is 12.7. The molecule has 4 heteroatoms. The Bertz CT molecular complexity index is 344. The van der Waals surface area contributed by atoms with Crippen LogP contribution in [-0.4, -0.2) is 17.7 Å². The van der Waals surface area contributed by atoms with Gasteiger partial charge in [0.15, 0.2) is 0 Å². The van der Waals surface area contributed by atoms with E-state index in [1.807, 2.05) is 13.8 Å². The minimum Gasteiger partial charge on any atom is -0.387 e. The summed E-state index contributed by atoms with van der Waals surface area (Å²) in [6, 6.07) is 3.33. The van der Waals surface area contributed by atoms with E-state index in [9.17, 15) is 13.9 Å². The Kier molecular flexibility index (Phi) is 4.83. The van der Waals surface area contributed by atoms with E-state index in [1.54, 1.807) is 0 Å². The van der Waals surface area contributed by atoms with Crippen molar-refractivity contribution in [1.29, 1.82) is 0 Å². The van der Waals surface area contributed by atoms with Gasteiger partial charge in [-0.1, -0.05) is 6.92 Å². The molecule has 0 heterocycles. The molecule has 2 nitrogen and oxygen atoms in total. The first kappa shape index (κ1) is 13.1. The number of hydrogen-bond donors (Lipinski definition) is 2. The lowest BCUT2D eigenvalue weighted by molar-refractivity contribution is 0.165. The van der Waals surface area contributed by atoms with Crippen LogP contribution in [0.25, 0.3) is 0 Å². The van der Waals surface area contributed by atoms with Crippen molar-refractivity contribution in [2.45, 2.75) is 32.4 Å². The third-order valence-corrected chi connectivity index (χ3v) is 2.59. The molecule has 16 heavy (non-hydrogen) atoms. The number of rotatable bonds is 5. The van der Waals surface area contributed by atoms with Crippen molar-refractivity contribution in [2.24, 2.45) is 0 Å². The number of hydrogen-bond acceptors (Lipinski definition) is 2. The van der Waals surface area contributed by atoms with E-state index in [0.29, 0.717) is 0 Å². The van der Waals surface area contributed by atoms with Crippen molar-refractivity contribution in [3.63, 3.8) is 0 Å². The molecule has 1 rings (SSSR count). The lowest BCUT2D eigenvalue weighted by Crippen LogP contribution is -2.30. The zero-order valence-corrected chi connectivity index (χ0v) is 9.50. The highest BCUT2D eigenvalue weighted by Gasteiger charge is 2.14. The van der Waals surface area contributed by atoms with E-state index >= 15 is 0 Å². The number of nitrogens with one attached hydrogen (secondary N) is 1. The van der Waals surface area contributed by atoms with Gasteiger partial charge in [0.25, 0.3) is 0 Å². The van der Waals surface area contributed by atoms with Crippen molar-refractivity contribution in [3.05, 3.63) is 35.4 Å². The first-order valence-electron chi connectivity index (χ1n) is 5.41. The molecule has 2 unspecified atom stereocenters. The SMILES string of the molecule is CCC(C)NCC(O)c1cc(F)ccc1F. The maximum absolute atomic E-state index is 13.3. The molecule has 2 atom stereocenters. The molecule has 0 amide bonds. The summed E-state index contributed by atoms with van der Waals surface area (Å²) in [6.07, 6.45) is -0.108. The van der Waals surface area contributed by atoms with E-state index in [-0.39, 0.29) is 18.2 Å². The standard InChI is InChI=1S/C12H17F2NO/c1-3-8(2)15-7-12(16)10-6-9(13)4-5-11(10)14/h4-6,8,12,15-16H,3,7H2,1-2H3. The van der Waals surface area contributed by atoms with Crippen molar-refractivity contribution >= 4 is 0 Å². The molecule has 0 aliphatic carbocycles. The van der Waals surface area contributed by atoms with Crippen molar-refractivity contribution in [2.75, 3.05) is 6.54 Å².